The van der Waals surface area contributed by atoms with E-state index in [4.69, 9.17) is 4.74 Å². The topological polar surface area (TPSA) is 89.5 Å². The van der Waals surface area contributed by atoms with Crippen molar-refractivity contribution in [1.82, 2.24) is 19.7 Å². The van der Waals surface area contributed by atoms with Gasteiger partial charge in [-0.1, -0.05) is 5.16 Å². The van der Waals surface area contributed by atoms with Gasteiger partial charge in [0, 0.05) is 19.2 Å². The molecule has 0 N–H and O–H groups in total. The Balaban J connectivity index is 1.76. The van der Waals surface area contributed by atoms with Crippen molar-refractivity contribution in [2.24, 2.45) is 0 Å². The van der Waals surface area contributed by atoms with Crippen LogP contribution in [0.1, 0.15) is 25.1 Å². The van der Waals surface area contributed by atoms with Crippen LogP contribution >= 0.6 is 0 Å². The predicted octanol–water partition coefficient (Wildman–Crippen LogP) is 2.21. The molecule has 2 aromatic heterocycles. The molecule has 0 aliphatic carbocycles. The fourth-order valence-corrected chi connectivity index (χ4v) is 3.77. The average molecular weight is 468 g/mol. The van der Waals surface area contributed by atoms with Crippen molar-refractivity contribution in [2.45, 2.75) is 50.9 Å². The highest BCUT2D eigenvalue weighted by Crippen LogP contribution is 2.36. The van der Waals surface area contributed by atoms with Crippen LogP contribution in [0.3, 0.4) is 0 Å². The lowest BCUT2D eigenvalue weighted by Crippen LogP contribution is -2.52. The van der Waals surface area contributed by atoms with Crippen LogP contribution in [0.25, 0.3) is 0 Å². The molecule has 4 rings (SSSR count). The Morgan fingerprint density at radius 1 is 1.16 bits per heavy atom. The summed E-state index contributed by atoms with van der Waals surface area (Å²) < 4.78 is 90.6. The third-order valence-electron chi connectivity index (χ3n) is 5.30. The number of fused-ring (bicyclic) bond motifs is 1. The minimum Gasteiger partial charge on any atom is -0.377 e. The maximum absolute atomic E-state index is 13.8. The predicted molar refractivity (Wildman–Crippen MR) is 96.1 cm³/mol. The molecule has 0 saturated carbocycles. The molecule has 0 spiro atoms. The Kier molecular flexibility index (Phi) is 5.55. The van der Waals surface area contributed by atoms with E-state index in [-0.39, 0.29) is 24.4 Å². The summed E-state index contributed by atoms with van der Waals surface area (Å²) in [7, 11) is 0. The molecule has 32 heavy (non-hydrogen) atoms. The van der Waals surface area contributed by atoms with Crippen LogP contribution in [-0.4, -0.2) is 57.7 Å². The van der Waals surface area contributed by atoms with Crippen molar-refractivity contribution in [3.05, 3.63) is 28.1 Å². The molecule has 1 saturated heterocycles. The van der Waals surface area contributed by atoms with Gasteiger partial charge in [0.05, 0.1) is 19.3 Å². The van der Waals surface area contributed by atoms with E-state index in [9.17, 15) is 31.1 Å². The van der Waals surface area contributed by atoms with Crippen molar-refractivity contribution in [1.29, 1.82) is 0 Å². The molecular weight excluding hydrogens is 450 g/mol. The van der Waals surface area contributed by atoms with Crippen molar-refractivity contribution in [3.8, 4) is 0 Å². The standard InChI is InChI=1S/C17H18F6N6O3/c1-9-8-31-5-4-27(9)11-6-13(30)28-3-2-10(16(18,19)20)29(15(28)24-11)7-12-25-14(26-32-12)17(21,22)23/h6,9-10H,2-5,7-8H2,1H3. The van der Waals surface area contributed by atoms with Gasteiger partial charge >= 0.3 is 12.4 Å². The monoisotopic (exact) mass is 468 g/mol. The lowest BCUT2D eigenvalue weighted by molar-refractivity contribution is -0.153. The van der Waals surface area contributed by atoms with E-state index in [0.717, 1.165) is 4.57 Å². The SMILES string of the molecule is CC1COCCN1c1cc(=O)n2c(n1)N(Cc1nc(C(F)(F)F)no1)C(C(F)(F)F)CC2. The molecule has 0 amide bonds. The van der Waals surface area contributed by atoms with Gasteiger partial charge < -0.3 is 19.1 Å². The third-order valence-corrected chi connectivity index (χ3v) is 5.30. The number of hydrogen-bond donors (Lipinski definition) is 0. The molecule has 2 aliphatic heterocycles. The molecular formula is C17H18F6N6O3. The third kappa shape index (κ3) is 4.25. The van der Waals surface area contributed by atoms with Gasteiger partial charge in [0.1, 0.15) is 18.4 Å². The average Bonchev–Trinajstić information content (AvgIpc) is 3.17. The summed E-state index contributed by atoms with van der Waals surface area (Å²) in [6.07, 6.45) is -10.1. The minimum absolute atomic E-state index is 0.159. The zero-order valence-electron chi connectivity index (χ0n) is 16.7. The number of rotatable bonds is 3. The molecule has 4 heterocycles. The number of ether oxygens (including phenoxy) is 1. The first-order valence-electron chi connectivity index (χ1n) is 9.64. The van der Waals surface area contributed by atoms with Crippen LogP contribution in [0.4, 0.5) is 38.1 Å². The highest BCUT2D eigenvalue weighted by Gasteiger charge is 2.48. The number of anilines is 2. The molecule has 0 bridgehead atoms. The van der Waals surface area contributed by atoms with Crippen LogP contribution in [0.5, 0.6) is 0 Å². The van der Waals surface area contributed by atoms with Crippen molar-refractivity contribution in [3.63, 3.8) is 0 Å². The minimum atomic E-state index is -4.92. The highest BCUT2D eigenvalue weighted by molar-refractivity contribution is 5.47. The van der Waals surface area contributed by atoms with E-state index >= 15 is 0 Å². The van der Waals surface area contributed by atoms with Crippen molar-refractivity contribution in [2.75, 3.05) is 29.6 Å². The van der Waals surface area contributed by atoms with Gasteiger partial charge in [-0.05, 0) is 13.3 Å². The summed E-state index contributed by atoms with van der Waals surface area (Å²) in [5.41, 5.74) is -0.573. The first-order valence-corrected chi connectivity index (χ1v) is 9.64. The number of halogens is 6. The van der Waals surface area contributed by atoms with Crippen LogP contribution in [0, 0.1) is 0 Å². The molecule has 2 atom stereocenters. The zero-order chi connectivity index (χ0) is 23.3. The van der Waals surface area contributed by atoms with Crippen molar-refractivity contribution < 1.29 is 35.6 Å². The number of aromatic nitrogens is 4. The Bertz CT molecular complexity index is 1040. The van der Waals surface area contributed by atoms with Crippen LogP contribution in [-0.2, 0) is 24.0 Å². The van der Waals surface area contributed by atoms with E-state index in [1.165, 1.54) is 6.07 Å². The van der Waals surface area contributed by atoms with E-state index in [2.05, 4.69) is 19.6 Å². The Labute approximate surface area is 176 Å². The summed E-state index contributed by atoms with van der Waals surface area (Å²) in [6.45, 7) is 1.82. The molecule has 1 fully saturated rings. The first kappa shape index (κ1) is 22.4. The smallest absolute Gasteiger partial charge is 0.377 e. The molecule has 0 radical (unpaired) electrons. The molecule has 2 aromatic rings. The maximum atomic E-state index is 13.8. The Hall–Kier alpha value is -2.84. The number of nitrogens with zero attached hydrogens (tertiary/aromatic N) is 6. The fourth-order valence-electron chi connectivity index (χ4n) is 3.77. The second kappa shape index (κ2) is 7.94. The summed E-state index contributed by atoms with van der Waals surface area (Å²) >= 11 is 0. The van der Waals surface area contributed by atoms with Gasteiger partial charge in [-0.25, -0.2) is 0 Å². The molecule has 2 aliphatic rings. The second-order valence-corrected chi connectivity index (χ2v) is 7.51. The van der Waals surface area contributed by atoms with Gasteiger partial charge in [-0.2, -0.15) is 36.3 Å². The van der Waals surface area contributed by atoms with Crippen LogP contribution in [0.15, 0.2) is 15.4 Å². The molecule has 2 unspecified atom stereocenters. The van der Waals surface area contributed by atoms with E-state index in [1.807, 2.05) is 6.92 Å². The lowest BCUT2D eigenvalue weighted by atomic mass is 10.1. The first-order chi connectivity index (χ1) is 14.9. The molecule has 176 valence electrons. The van der Waals surface area contributed by atoms with Gasteiger partial charge in [0.25, 0.3) is 11.4 Å². The van der Waals surface area contributed by atoms with E-state index < -0.39 is 48.6 Å². The van der Waals surface area contributed by atoms with E-state index in [0.29, 0.717) is 24.7 Å². The van der Waals surface area contributed by atoms with Crippen molar-refractivity contribution >= 4 is 11.8 Å². The fraction of sp³-hybridized carbons (Fsp3) is 0.647. The summed E-state index contributed by atoms with van der Waals surface area (Å²) in [5.74, 6) is -2.45. The highest BCUT2D eigenvalue weighted by atomic mass is 19.4. The molecule has 0 aromatic carbocycles. The normalized spacial score (nSPS) is 22.2. The van der Waals surface area contributed by atoms with Crippen LogP contribution < -0.4 is 15.4 Å². The Morgan fingerprint density at radius 3 is 2.53 bits per heavy atom. The largest absolute Gasteiger partial charge is 0.455 e. The van der Waals surface area contributed by atoms with E-state index in [1.54, 1.807) is 4.90 Å². The number of hydrogen-bond acceptors (Lipinski definition) is 8. The quantitative estimate of drug-likeness (QED) is 0.634. The maximum Gasteiger partial charge on any atom is 0.455 e. The van der Waals surface area contributed by atoms with Gasteiger partial charge in [-0.15, -0.1) is 0 Å². The second-order valence-electron chi connectivity index (χ2n) is 7.51. The van der Waals surface area contributed by atoms with Gasteiger partial charge in [0.2, 0.25) is 11.8 Å². The number of morpholine rings is 1. The summed E-state index contributed by atoms with van der Waals surface area (Å²) in [5, 5.41) is 2.78. The van der Waals surface area contributed by atoms with Gasteiger partial charge in [0.15, 0.2) is 0 Å². The summed E-state index contributed by atoms with van der Waals surface area (Å²) in [4.78, 5) is 22.6. The molecule has 15 heteroatoms. The summed E-state index contributed by atoms with van der Waals surface area (Å²) in [6, 6.07) is -1.06. The van der Waals surface area contributed by atoms with Gasteiger partial charge in [-0.3, -0.25) is 9.36 Å². The molecule has 9 nitrogen and oxygen atoms in total. The zero-order valence-corrected chi connectivity index (χ0v) is 16.7. The number of alkyl halides is 6. The lowest BCUT2D eigenvalue weighted by Gasteiger charge is -2.39. The van der Waals surface area contributed by atoms with Crippen LogP contribution in [0.2, 0.25) is 0 Å². The Morgan fingerprint density at radius 2 is 1.91 bits per heavy atom.